The molecule has 6 rings (SSSR count). The van der Waals surface area contributed by atoms with Crippen molar-refractivity contribution in [1.82, 2.24) is 20.6 Å². The summed E-state index contributed by atoms with van der Waals surface area (Å²) in [5.74, 6) is -3.20. The molecular weight excluding hydrogens is 587 g/mol. The van der Waals surface area contributed by atoms with E-state index in [1.165, 1.54) is 18.5 Å². The maximum atomic E-state index is 14.6. The van der Waals surface area contributed by atoms with Gasteiger partial charge in [0.2, 0.25) is 0 Å². The summed E-state index contributed by atoms with van der Waals surface area (Å²) >= 11 is 0. The zero-order chi connectivity index (χ0) is 31.7. The van der Waals surface area contributed by atoms with Gasteiger partial charge in [0.25, 0.3) is 5.91 Å². The second-order valence-electron chi connectivity index (χ2n) is 10.7. The zero-order valence-electron chi connectivity index (χ0n) is 24.4. The third-order valence-electron chi connectivity index (χ3n) is 7.86. The van der Waals surface area contributed by atoms with Crippen LogP contribution < -0.4 is 20.9 Å². The summed E-state index contributed by atoms with van der Waals surface area (Å²) in [6, 6.07) is 12.5. The van der Waals surface area contributed by atoms with Crippen LogP contribution in [-0.2, 0) is 37.8 Å². The number of carbonyl (C=O) groups excluding carboxylic acids is 2. The van der Waals surface area contributed by atoms with Crippen molar-refractivity contribution in [2.75, 3.05) is 16.8 Å². The van der Waals surface area contributed by atoms with Crippen molar-refractivity contribution in [2.45, 2.75) is 57.1 Å². The fraction of sp³-hybridized carbons (Fsp3) is 0.323. The van der Waals surface area contributed by atoms with Gasteiger partial charge in [0.05, 0.1) is 5.56 Å². The number of nitrogens with zero attached hydrogens (tertiary/aromatic N) is 3. The summed E-state index contributed by atoms with van der Waals surface area (Å²) in [5.41, 5.74) is 0.922. The van der Waals surface area contributed by atoms with Crippen LogP contribution in [0.3, 0.4) is 0 Å². The van der Waals surface area contributed by atoms with Crippen LogP contribution in [0, 0.1) is 5.82 Å². The standard InChI is InChI=1S/C31H31FN6O7/c1-3-33-30(42)37-25-19-12-8-14-38(26(19)36-16-35-25)28-24-22(44-31(2,45-24)17-9-5-4-6-10-17)23(43-28)27(39)34-15-20-18(29(40)41)11-7-13-21(20)32/h4-11,13-14,16,22-24,28H,3,12,15H2,1-2H3,(H,34,39)(H,40,41)(H2,33,35,36,37,42). The van der Waals surface area contributed by atoms with E-state index in [1.54, 1.807) is 24.9 Å². The molecule has 4 N–H and O–H groups in total. The van der Waals surface area contributed by atoms with Crippen LogP contribution in [0.5, 0.6) is 0 Å². The molecule has 45 heavy (non-hydrogen) atoms. The minimum atomic E-state index is -1.32. The van der Waals surface area contributed by atoms with E-state index in [9.17, 15) is 23.9 Å². The van der Waals surface area contributed by atoms with Gasteiger partial charge in [0.15, 0.2) is 18.1 Å². The van der Waals surface area contributed by atoms with Crippen molar-refractivity contribution in [3.8, 4) is 0 Å². The van der Waals surface area contributed by atoms with Crippen LogP contribution in [0.15, 0.2) is 67.1 Å². The van der Waals surface area contributed by atoms with Crippen molar-refractivity contribution in [1.29, 1.82) is 0 Å². The highest BCUT2D eigenvalue weighted by atomic mass is 19.1. The highest BCUT2D eigenvalue weighted by Crippen LogP contribution is 2.46. The fourth-order valence-electron chi connectivity index (χ4n) is 5.76. The number of carbonyl (C=O) groups is 3. The molecule has 0 radical (unpaired) electrons. The summed E-state index contributed by atoms with van der Waals surface area (Å²) < 4.78 is 33.8. The number of benzene rings is 2. The number of hydrogen-bond acceptors (Lipinski definition) is 9. The molecule has 4 heterocycles. The Hall–Kier alpha value is -4.92. The lowest BCUT2D eigenvalue weighted by Gasteiger charge is -2.34. The zero-order valence-corrected chi connectivity index (χ0v) is 24.4. The van der Waals surface area contributed by atoms with Crippen molar-refractivity contribution in [3.63, 3.8) is 0 Å². The molecule has 0 spiro atoms. The predicted octanol–water partition coefficient (Wildman–Crippen LogP) is 3.03. The van der Waals surface area contributed by atoms with Crippen LogP contribution in [0.4, 0.5) is 20.8 Å². The number of urea groups is 1. The van der Waals surface area contributed by atoms with Gasteiger partial charge in [-0.25, -0.2) is 23.9 Å². The first-order chi connectivity index (χ1) is 21.7. The van der Waals surface area contributed by atoms with E-state index >= 15 is 0 Å². The third kappa shape index (κ3) is 5.70. The summed E-state index contributed by atoms with van der Waals surface area (Å²) in [7, 11) is 0. The Labute approximate surface area is 257 Å². The van der Waals surface area contributed by atoms with Crippen LogP contribution in [0.2, 0.25) is 0 Å². The molecule has 0 bridgehead atoms. The number of nitrogens with one attached hydrogen (secondary N) is 3. The number of rotatable bonds is 8. The van der Waals surface area contributed by atoms with E-state index in [-0.39, 0.29) is 17.7 Å². The average Bonchev–Trinajstić information content (AvgIpc) is 3.56. The number of allylic oxidation sites excluding steroid dienone is 1. The first-order valence-corrected chi connectivity index (χ1v) is 14.4. The minimum Gasteiger partial charge on any atom is -0.478 e. The fourth-order valence-corrected chi connectivity index (χ4v) is 5.76. The molecule has 3 aliphatic heterocycles. The molecule has 14 heteroatoms. The smallest absolute Gasteiger partial charge is 0.336 e. The van der Waals surface area contributed by atoms with Gasteiger partial charge in [-0.2, -0.15) is 0 Å². The van der Waals surface area contributed by atoms with Gasteiger partial charge in [-0.05, 0) is 32.4 Å². The van der Waals surface area contributed by atoms with Crippen molar-refractivity contribution < 1.29 is 38.1 Å². The molecule has 5 unspecified atom stereocenters. The van der Waals surface area contributed by atoms with Gasteiger partial charge in [-0.3, -0.25) is 10.1 Å². The van der Waals surface area contributed by atoms with E-state index < -0.39 is 54.1 Å². The number of amides is 3. The lowest BCUT2D eigenvalue weighted by atomic mass is 10.1. The highest BCUT2D eigenvalue weighted by Gasteiger charge is 2.61. The van der Waals surface area contributed by atoms with Gasteiger partial charge >= 0.3 is 12.0 Å². The monoisotopic (exact) mass is 618 g/mol. The van der Waals surface area contributed by atoms with Crippen molar-refractivity contribution in [3.05, 3.63) is 95.2 Å². The minimum absolute atomic E-state index is 0.168. The summed E-state index contributed by atoms with van der Waals surface area (Å²) in [4.78, 5) is 48.0. The molecule has 234 valence electrons. The number of hydrogen-bond donors (Lipinski definition) is 4. The van der Waals surface area contributed by atoms with Crippen molar-refractivity contribution >= 4 is 29.5 Å². The lowest BCUT2D eigenvalue weighted by Crippen LogP contribution is -2.43. The van der Waals surface area contributed by atoms with Crippen LogP contribution in [0.1, 0.15) is 40.9 Å². The maximum absolute atomic E-state index is 14.6. The van der Waals surface area contributed by atoms with E-state index in [2.05, 4.69) is 25.9 Å². The molecule has 0 saturated carbocycles. The van der Waals surface area contributed by atoms with E-state index in [0.29, 0.717) is 30.2 Å². The molecule has 2 fully saturated rings. The maximum Gasteiger partial charge on any atom is 0.336 e. The van der Waals surface area contributed by atoms with Crippen LogP contribution in [0.25, 0.3) is 0 Å². The van der Waals surface area contributed by atoms with Gasteiger partial charge in [0, 0.05) is 36.0 Å². The third-order valence-corrected chi connectivity index (χ3v) is 7.86. The van der Waals surface area contributed by atoms with Gasteiger partial charge in [0.1, 0.15) is 36.0 Å². The summed E-state index contributed by atoms with van der Waals surface area (Å²) in [6.07, 6.45) is 1.49. The Morgan fingerprint density at radius 1 is 1.07 bits per heavy atom. The number of ether oxygens (including phenoxy) is 3. The molecule has 5 atom stereocenters. The Morgan fingerprint density at radius 3 is 2.60 bits per heavy atom. The second kappa shape index (κ2) is 12.2. The first kappa shape index (κ1) is 30.1. The number of carboxylic acid groups (broad SMARTS) is 1. The molecule has 3 aliphatic rings. The van der Waals surface area contributed by atoms with Crippen molar-refractivity contribution in [2.24, 2.45) is 0 Å². The average molecular weight is 619 g/mol. The second-order valence-corrected chi connectivity index (χ2v) is 10.7. The number of anilines is 2. The first-order valence-electron chi connectivity index (χ1n) is 14.4. The molecule has 3 amide bonds. The Morgan fingerprint density at radius 2 is 1.84 bits per heavy atom. The van der Waals surface area contributed by atoms with Gasteiger partial charge in [-0.1, -0.05) is 42.5 Å². The number of halogens is 1. The topological polar surface area (TPSA) is 164 Å². The Balaban J connectivity index is 1.31. The normalized spacial score (nSPS) is 24.9. The number of aromatic carboxylic acids is 1. The number of fused-ring (bicyclic) bond motifs is 2. The van der Waals surface area contributed by atoms with Gasteiger partial charge in [-0.15, -0.1) is 0 Å². The lowest BCUT2D eigenvalue weighted by molar-refractivity contribution is -0.205. The van der Waals surface area contributed by atoms with Crippen LogP contribution in [-0.4, -0.2) is 64.1 Å². The Kier molecular flexibility index (Phi) is 8.18. The molecule has 1 aromatic heterocycles. The van der Waals surface area contributed by atoms with E-state index in [4.69, 9.17) is 14.2 Å². The highest BCUT2D eigenvalue weighted by molar-refractivity contribution is 5.90. The molecular formula is C31H31FN6O7. The van der Waals surface area contributed by atoms with Gasteiger partial charge < -0.3 is 34.9 Å². The molecule has 13 nitrogen and oxygen atoms in total. The Bertz CT molecular complexity index is 1660. The number of aromatic nitrogens is 2. The summed E-state index contributed by atoms with van der Waals surface area (Å²) in [5, 5.41) is 17.6. The number of carboxylic acids is 1. The SMILES string of the molecule is CCNC(=O)Nc1ncnc2c1CC=CN2C1OC(C(=O)NCc2c(F)cccc2C(=O)O)C2OC(C)(c3ccccc3)OC21. The van der Waals surface area contributed by atoms with E-state index in [0.717, 1.165) is 11.6 Å². The van der Waals surface area contributed by atoms with E-state index in [1.807, 2.05) is 36.4 Å². The molecule has 2 aromatic carbocycles. The predicted molar refractivity (Wildman–Crippen MR) is 157 cm³/mol. The summed E-state index contributed by atoms with van der Waals surface area (Å²) in [6.45, 7) is 3.59. The molecule has 3 aromatic rings. The quantitative estimate of drug-likeness (QED) is 0.295. The largest absolute Gasteiger partial charge is 0.478 e. The molecule has 0 aliphatic carbocycles. The van der Waals surface area contributed by atoms with Crippen LogP contribution >= 0.6 is 0 Å². The molecule has 2 saturated heterocycles.